The minimum Gasteiger partial charge on any atom is -0.491 e. The highest BCUT2D eigenvalue weighted by molar-refractivity contribution is 6.30. The summed E-state index contributed by atoms with van der Waals surface area (Å²) < 4.78 is 23.4. The van der Waals surface area contributed by atoms with E-state index in [4.69, 9.17) is 30.5 Å². The maximum atomic E-state index is 13.8. The first-order valence-electron chi connectivity index (χ1n) is 12.7. The Morgan fingerprint density at radius 2 is 1.75 bits per heavy atom. The predicted octanol–water partition coefficient (Wildman–Crippen LogP) is 3.17. The first-order valence-corrected chi connectivity index (χ1v) is 13.1. The van der Waals surface area contributed by atoms with Crippen molar-refractivity contribution in [2.24, 2.45) is 10.9 Å². The SMILES string of the molecule is COCOC(C)C(Cn1c(=O)[nH]/c(=N/c2ccc(OC(C)C)c(C)c2)n(Cc2ccc(Cl)cc2)c1=O)C(=O)OC. The van der Waals surface area contributed by atoms with Crippen LogP contribution in [-0.2, 0) is 32.1 Å². The van der Waals surface area contributed by atoms with Gasteiger partial charge in [-0.2, -0.15) is 0 Å². The average Bonchev–Trinajstić information content (AvgIpc) is 2.91. The number of aromatic nitrogens is 3. The van der Waals surface area contributed by atoms with Crippen LogP contribution in [0.3, 0.4) is 0 Å². The molecule has 11 nitrogen and oxygen atoms in total. The smallest absolute Gasteiger partial charge is 0.335 e. The molecule has 2 aromatic carbocycles. The lowest BCUT2D eigenvalue weighted by molar-refractivity contribution is -0.156. The Bertz CT molecular complexity index is 1490. The monoisotopic (exact) mass is 574 g/mol. The van der Waals surface area contributed by atoms with Gasteiger partial charge in [0, 0.05) is 18.7 Å². The molecular weight excluding hydrogens is 540 g/mol. The highest BCUT2D eigenvalue weighted by Gasteiger charge is 2.29. The molecule has 0 saturated carbocycles. The number of hydrogen-bond acceptors (Lipinski definition) is 8. The molecule has 0 aliphatic rings. The van der Waals surface area contributed by atoms with E-state index in [1.165, 1.54) is 18.8 Å². The molecule has 3 aromatic rings. The van der Waals surface area contributed by atoms with Gasteiger partial charge in [-0.1, -0.05) is 23.7 Å². The molecule has 1 heterocycles. The van der Waals surface area contributed by atoms with Crippen molar-refractivity contribution in [1.82, 2.24) is 14.1 Å². The second-order valence-corrected chi connectivity index (χ2v) is 9.93. The zero-order valence-corrected chi connectivity index (χ0v) is 24.2. The molecule has 12 heteroatoms. The molecule has 2 atom stereocenters. The molecule has 40 heavy (non-hydrogen) atoms. The summed E-state index contributed by atoms with van der Waals surface area (Å²) in [5.41, 5.74) is 0.750. The van der Waals surface area contributed by atoms with Gasteiger partial charge in [-0.25, -0.2) is 19.1 Å². The van der Waals surface area contributed by atoms with Gasteiger partial charge in [0.15, 0.2) is 0 Å². The van der Waals surface area contributed by atoms with Gasteiger partial charge in [-0.15, -0.1) is 0 Å². The van der Waals surface area contributed by atoms with Crippen LogP contribution in [0.2, 0.25) is 5.02 Å². The van der Waals surface area contributed by atoms with Crippen molar-refractivity contribution in [3.63, 3.8) is 0 Å². The molecule has 0 fully saturated rings. The minimum atomic E-state index is -0.957. The fraction of sp³-hybridized carbons (Fsp3) is 0.429. The highest BCUT2D eigenvalue weighted by atomic mass is 35.5. The van der Waals surface area contributed by atoms with E-state index < -0.39 is 29.4 Å². The van der Waals surface area contributed by atoms with Crippen molar-refractivity contribution in [3.8, 4) is 5.75 Å². The Balaban J connectivity index is 2.15. The highest BCUT2D eigenvalue weighted by Crippen LogP contribution is 2.24. The number of carbonyl (C=O) groups is 1. The molecule has 0 aliphatic heterocycles. The topological polar surface area (TPSA) is 126 Å². The van der Waals surface area contributed by atoms with Crippen LogP contribution in [0.1, 0.15) is 31.9 Å². The van der Waals surface area contributed by atoms with Crippen LogP contribution in [0.5, 0.6) is 5.75 Å². The summed E-state index contributed by atoms with van der Waals surface area (Å²) >= 11 is 6.04. The molecule has 2 unspecified atom stereocenters. The second kappa shape index (κ2) is 14.1. The van der Waals surface area contributed by atoms with E-state index in [0.717, 1.165) is 15.7 Å². The van der Waals surface area contributed by atoms with E-state index in [0.29, 0.717) is 16.5 Å². The van der Waals surface area contributed by atoms with Crippen molar-refractivity contribution in [1.29, 1.82) is 0 Å². The molecule has 0 amide bonds. The number of nitrogens with zero attached hydrogens (tertiary/aromatic N) is 3. The molecular formula is C28H35ClN4O7. The van der Waals surface area contributed by atoms with Crippen LogP contribution < -0.4 is 21.7 Å². The van der Waals surface area contributed by atoms with Crippen molar-refractivity contribution in [2.75, 3.05) is 21.0 Å². The number of halogens is 1. The molecule has 0 saturated heterocycles. The molecule has 3 rings (SSSR count). The molecule has 0 aliphatic carbocycles. The van der Waals surface area contributed by atoms with Crippen LogP contribution in [0.15, 0.2) is 57.0 Å². The number of esters is 1. The fourth-order valence-electron chi connectivity index (χ4n) is 3.98. The van der Waals surface area contributed by atoms with Crippen molar-refractivity contribution in [3.05, 3.63) is 85.2 Å². The maximum absolute atomic E-state index is 13.8. The Hall–Kier alpha value is -3.67. The fourth-order valence-corrected chi connectivity index (χ4v) is 4.11. The average molecular weight is 575 g/mol. The van der Waals surface area contributed by atoms with Crippen LogP contribution in [0, 0.1) is 12.8 Å². The number of aryl methyl sites for hydroxylation is 1. The summed E-state index contributed by atoms with van der Waals surface area (Å²) in [6, 6.07) is 12.3. The summed E-state index contributed by atoms with van der Waals surface area (Å²) in [7, 11) is 2.68. The van der Waals surface area contributed by atoms with Gasteiger partial charge >= 0.3 is 17.3 Å². The van der Waals surface area contributed by atoms with E-state index in [1.54, 1.807) is 49.4 Å². The summed E-state index contributed by atoms with van der Waals surface area (Å²) in [6.45, 7) is 7.12. The summed E-state index contributed by atoms with van der Waals surface area (Å²) in [5, 5.41) is 0.544. The molecule has 1 aromatic heterocycles. The van der Waals surface area contributed by atoms with E-state index in [9.17, 15) is 14.4 Å². The van der Waals surface area contributed by atoms with Crippen LogP contribution in [-0.4, -0.2) is 53.3 Å². The van der Waals surface area contributed by atoms with Crippen LogP contribution in [0.25, 0.3) is 0 Å². The number of methoxy groups -OCH3 is 2. The standard InChI is InChI=1S/C28H35ClN4O7/c1-17(2)40-24-12-11-22(13-18(24)3)30-26-31-27(35)33(15-23(25(34)38-6)19(4)39-16-37-5)28(36)32(26)14-20-7-9-21(29)10-8-20/h7-13,17,19,23H,14-16H2,1-6H3,(H,30,31,35). The zero-order valence-electron chi connectivity index (χ0n) is 23.5. The third-order valence-corrected chi connectivity index (χ3v) is 6.34. The third kappa shape index (κ3) is 7.93. The molecule has 0 bridgehead atoms. The number of aromatic amines is 1. The van der Waals surface area contributed by atoms with Crippen LogP contribution in [0.4, 0.5) is 5.69 Å². The number of H-pyrrole nitrogens is 1. The summed E-state index contributed by atoms with van der Waals surface area (Å²) in [6.07, 6.45) is -0.703. The van der Waals surface area contributed by atoms with E-state index in [1.807, 2.05) is 20.8 Å². The predicted molar refractivity (Wildman–Crippen MR) is 150 cm³/mol. The first kappa shape index (κ1) is 30.9. The quantitative estimate of drug-likeness (QED) is 0.260. The number of ether oxygens (including phenoxy) is 4. The Labute approximate surface area is 237 Å². The number of carbonyl (C=O) groups excluding carboxylic acids is 1. The third-order valence-electron chi connectivity index (χ3n) is 6.09. The largest absolute Gasteiger partial charge is 0.491 e. The maximum Gasteiger partial charge on any atom is 0.335 e. The summed E-state index contributed by atoms with van der Waals surface area (Å²) in [4.78, 5) is 46.8. The normalized spacial score (nSPS) is 13.3. The van der Waals surface area contributed by atoms with Gasteiger partial charge in [-0.3, -0.25) is 14.3 Å². The van der Waals surface area contributed by atoms with Gasteiger partial charge in [0.05, 0.1) is 31.5 Å². The van der Waals surface area contributed by atoms with Gasteiger partial charge in [0.2, 0.25) is 5.62 Å². The lowest BCUT2D eigenvalue weighted by atomic mass is 10.0. The molecule has 216 valence electrons. The van der Waals surface area contributed by atoms with Crippen molar-refractivity contribution >= 4 is 23.3 Å². The lowest BCUT2D eigenvalue weighted by Crippen LogP contribution is -2.52. The van der Waals surface area contributed by atoms with Crippen molar-refractivity contribution in [2.45, 2.75) is 53.0 Å². The van der Waals surface area contributed by atoms with E-state index in [-0.39, 0.29) is 31.6 Å². The Morgan fingerprint density at radius 3 is 2.35 bits per heavy atom. The molecule has 1 N–H and O–H groups in total. The lowest BCUT2D eigenvalue weighted by Gasteiger charge is -2.22. The Morgan fingerprint density at radius 1 is 1.05 bits per heavy atom. The molecule has 0 spiro atoms. The number of benzene rings is 2. The van der Waals surface area contributed by atoms with Gasteiger partial charge in [0.1, 0.15) is 18.5 Å². The molecule has 0 radical (unpaired) electrons. The number of rotatable bonds is 12. The van der Waals surface area contributed by atoms with E-state index >= 15 is 0 Å². The van der Waals surface area contributed by atoms with Crippen LogP contribution >= 0.6 is 11.6 Å². The number of hydrogen-bond donors (Lipinski definition) is 1. The van der Waals surface area contributed by atoms with Crippen molar-refractivity contribution < 1.29 is 23.7 Å². The summed E-state index contributed by atoms with van der Waals surface area (Å²) in [5.74, 6) is -0.875. The van der Waals surface area contributed by atoms with Gasteiger partial charge < -0.3 is 18.9 Å². The zero-order chi connectivity index (χ0) is 29.4. The number of nitrogens with one attached hydrogen (secondary N) is 1. The minimum absolute atomic E-state index is 0.00315. The Kier molecular flexibility index (Phi) is 10.9. The van der Waals surface area contributed by atoms with Gasteiger partial charge in [0.25, 0.3) is 0 Å². The van der Waals surface area contributed by atoms with E-state index in [2.05, 4.69) is 9.98 Å². The van der Waals surface area contributed by atoms with Gasteiger partial charge in [-0.05, 0) is 69.2 Å². The second-order valence-electron chi connectivity index (χ2n) is 9.50. The first-order chi connectivity index (χ1) is 19.0.